The topological polar surface area (TPSA) is 43.6 Å². The van der Waals surface area contributed by atoms with E-state index in [0.29, 0.717) is 6.42 Å². The summed E-state index contributed by atoms with van der Waals surface area (Å²) in [5.74, 6) is -2.37. The van der Waals surface area contributed by atoms with E-state index < -0.39 is 5.92 Å². The molecule has 28 heavy (non-hydrogen) atoms. The summed E-state index contributed by atoms with van der Waals surface area (Å²) in [5, 5.41) is 6.54. The van der Waals surface area contributed by atoms with Crippen LogP contribution in [-0.4, -0.2) is 25.7 Å². The van der Waals surface area contributed by atoms with Gasteiger partial charge in [-0.3, -0.25) is 4.68 Å². The number of hydrogen-bond acceptors (Lipinski definition) is 4. The molecule has 0 spiro atoms. The summed E-state index contributed by atoms with van der Waals surface area (Å²) in [6.07, 6.45) is 4.55. The molecule has 1 fully saturated rings. The Bertz CT molecular complexity index is 1170. The first-order chi connectivity index (χ1) is 13.4. The lowest BCUT2D eigenvalue weighted by atomic mass is 9.79. The summed E-state index contributed by atoms with van der Waals surface area (Å²) < 4.78 is 28.1. The Morgan fingerprint density at radius 1 is 1.21 bits per heavy atom. The first kappa shape index (κ1) is 17.7. The van der Waals surface area contributed by atoms with Crippen LogP contribution >= 0.6 is 11.3 Å². The molecule has 1 aliphatic carbocycles. The minimum atomic E-state index is -2.46. The summed E-state index contributed by atoms with van der Waals surface area (Å²) in [5.41, 5.74) is 2.54. The second kappa shape index (κ2) is 6.30. The van der Waals surface area contributed by atoms with Crippen molar-refractivity contribution >= 4 is 32.6 Å². The van der Waals surface area contributed by atoms with Crippen LogP contribution < -0.4 is 0 Å². The highest BCUT2D eigenvalue weighted by molar-refractivity contribution is 7.18. The zero-order valence-corrected chi connectivity index (χ0v) is 16.5. The Kier molecular flexibility index (Phi) is 3.98. The number of thiophene rings is 1. The van der Waals surface area contributed by atoms with Crippen molar-refractivity contribution in [2.75, 3.05) is 0 Å². The molecular weight excluding hydrogens is 378 g/mol. The summed E-state index contributed by atoms with van der Waals surface area (Å²) in [4.78, 5) is 11.3. The van der Waals surface area contributed by atoms with Crippen LogP contribution in [0.25, 0.3) is 32.5 Å². The quantitative estimate of drug-likeness (QED) is 0.431. The predicted molar refractivity (Wildman–Crippen MR) is 108 cm³/mol. The Morgan fingerprint density at radius 3 is 2.79 bits per heavy atom. The van der Waals surface area contributed by atoms with E-state index in [1.165, 1.54) is 0 Å². The summed E-state index contributed by atoms with van der Waals surface area (Å²) in [6, 6.07) is 8.47. The molecule has 7 heteroatoms. The van der Waals surface area contributed by atoms with E-state index in [1.54, 1.807) is 17.5 Å². The van der Waals surface area contributed by atoms with E-state index in [0.717, 1.165) is 37.4 Å². The second-order valence-corrected chi connectivity index (χ2v) is 9.09. The molecule has 0 atom stereocenters. The zero-order valence-electron chi connectivity index (χ0n) is 15.7. The summed E-state index contributed by atoms with van der Waals surface area (Å²) >= 11 is 1.60. The first-order valence-corrected chi connectivity index (χ1v) is 10.3. The Labute approximate surface area is 165 Å². The standard InChI is InChI=1S/C21H20F2N4S/c1-12(2)27-11-16-6-15(10-24-19(16)26-27)18-4-3-14-7-17(28-20(14)25-18)5-13-8-21(22,23)9-13/h3-4,6-7,10-13H,5,8-9H2,1-2H3. The number of aromatic nitrogens is 4. The molecule has 0 radical (unpaired) electrons. The third kappa shape index (κ3) is 3.17. The van der Waals surface area contributed by atoms with Crippen molar-refractivity contribution in [3.05, 3.63) is 41.5 Å². The van der Waals surface area contributed by atoms with Gasteiger partial charge in [-0.25, -0.2) is 18.7 Å². The summed E-state index contributed by atoms with van der Waals surface area (Å²) in [6.45, 7) is 4.17. The lowest BCUT2D eigenvalue weighted by Gasteiger charge is -2.34. The van der Waals surface area contributed by atoms with E-state index in [4.69, 9.17) is 4.98 Å². The average molecular weight is 398 g/mol. The molecule has 0 aliphatic heterocycles. The molecule has 4 nitrogen and oxygen atoms in total. The van der Waals surface area contributed by atoms with Crippen LogP contribution in [0.2, 0.25) is 0 Å². The van der Waals surface area contributed by atoms with Gasteiger partial charge in [-0.15, -0.1) is 11.3 Å². The van der Waals surface area contributed by atoms with Gasteiger partial charge in [0, 0.05) is 52.5 Å². The predicted octanol–water partition coefficient (Wildman–Crippen LogP) is 5.88. The fourth-order valence-electron chi connectivity index (χ4n) is 3.78. The van der Waals surface area contributed by atoms with Gasteiger partial charge >= 0.3 is 0 Å². The molecule has 1 aliphatic rings. The van der Waals surface area contributed by atoms with Crippen LogP contribution in [-0.2, 0) is 6.42 Å². The van der Waals surface area contributed by atoms with Gasteiger partial charge < -0.3 is 0 Å². The highest BCUT2D eigenvalue weighted by atomic mass is 32.1. The van der Waals surface area contributed by atoms with Crippen LogP contribution in [0.5, 0.6) is 0 Å². The van der Waals surface area contributed by atoms with E-state index in [1.807, 2.05) is 16.9 Å². The van der Waals surface area contributed by atoms with E-state index in [2.05, 4.69) is 42.1 Å². The van der Waals surface area contributed by atoms with Crippen molar-refractivity contribution in [2.24, 2.45) is 5.92 Å². The second-order valence-electron chi connectivity index (χ2n) is 7.98. The van der Waals surface area contributed by atoms with Crippen molar-refractivity contribution in [3.63, 3.8) is 0 Å². The lowest BCUT2D eigenvalue weighted by Crippen LogP contribution is -2.36. The molecule has 0 amide bonds. The van der Waals surface area contributed by atoms with Crippen LogP contribution in [0, 0.1) is 5.92 Å². The molecule has 144 valence electrons. The van der Waals surface area contributed by atoms with Crippen LogP contribution in [0.4, 0.5) is 8.78 Å². The molecule has 0 saturated heterocycles. The molecule has 4 aromatic heterocycles. The van der Waals surface area contributed by atoms with Gasteiger partial charge in [0.15, 0.2) is 5.65 Å². The monoisotopic (exact) mass is 398 g/mol. The summed E-state index contributed by atoms with van der Waals surface area (Å²) in [7, 11) is 0. The van der Waals surface area contributed by atoms with Crippen molar-refractivity contribution < 1.29 is 8.78 Å². The average Bonchev–Trinajstić information content (AvgIpc) is 3.22. The maximum absolute atomic E-state index is 13.1. The van der Waals surface area contributed by atoms with Crippen molar-refractivity contribution in [1.82, 2.24) is 19.7 Å². The van der Waals surface area contributed by atoms with Crippen LogP contribution in [0.3, 0.4) is 0 Å². The third-order valence-corrected chi connectivity index (χ3v) is 6.37. The van der Waals surface area contributed by atoms with Gasteiger partial charge in [-0.1, -0.05) is 0 Å². The number of nitrogens with zero attached hydrogens (tertiary/aromatic N) is 4. The normalized spacial score (nSPS) is 16.9. The van der Waals surface area contributed by atoms with Crippen molar-refractivity contribution in [3.8, 4) is 11.3 Å². The molecular formula is C21H20F2N4S. The maximum atomic E-state index is 13.1. The molecule has 0 unspecified atom stereocenters. The SMILES string of the molecule is CC(C)n1cc2cc(-c3ccc4cc(CC5CC(F)(F)C5)sc4n3)cnc2n1. The number of halogens is 2. The molecule has 4 aromatic rings. The fourth-order valence-corrected chi connectivity index (χ4v) is 4.93. The molecule has 0 aromatic carbocycles. The third-order valence-electron chi connectivity index (χ3n) is 5.30. The fraction of sp³-hybridized carbons (Fsp3) is 0.381. The molecule has 0 bridgehead atoms. The number of hydrogen-bond donors (Lipinski definition) is 0. The number of pyridine rings is 2. The molecule has 5 rings (SSSR count). The van der Waals surface area contributed by atoms with Gasteiger partial charge in [0.05, 0.1) is 5.69 Å². The minimum absolute atomic E-state index is 0.00959. The highest BCUT2D eigenvalue weighted by Crippen LogP contribution is 2.44. The van der Waals surface area contributed by atoms with Crippen molar-refractivity contribution in [2.45, 2.75) is 45.1 Å². The van der Waals surface area contributed by atoms with Gasteiger partial charge in [0.2, 0.25) is 5.92 Å². The Balaban J connectivity index is 1.43. The van der Waals surface area contributed by atoms with Crippen LogP contribution in [0.15, 0.2) is 36.7 Å². The highest BCUT2D eigenvalue weighted by Gasteiger charge is 2.45. The Morgan fingerprint density at radius 2 is 2.04 bits per heavy atom. The van der Waals surface area contributed by atoms with Gasteiger partial charge in [0.25, 0.3) is 0 Å². The van der Waals surface area contributed by atoms with E-state index in [9.17, 15) is 8.78 Å². The molecule has 4 heterocycles. The maximum Gasteiger partial charge on any atom is 0.248 e. The molecule has 1 saturated carbocycles. The zero-order chi connectivity index (χ0) is 19.5. The number of fused-ring (bicyclic) bond motifs is 2. The van der Waals surface area contributed by atoms with Gasteiger partial charge in [-0.2, -0.15) is 5.10 Å². The number of rotatable bonds is 4. The first-order valence-electron chi connectivity index (χ1n) is 9.49. The van der Waals surface area contributed by atoms with E-state index >= 15 is 0 Å². The Hall–Kier alpha value is -2.41. The largest absolute Gasteiger partial charge is 0.267 e. The van der Waals surface area contributed by atoms with E-state index in [-0.39, 0.29) is 24.8 Å². The smallest absolute Gasteiger partial charge is 0.248 e. The van der Waals surface area contributed by atoms with Gasteiger partial charge in [-0.05, 0) is 50.5 Å². The number of alkyl halides is 2. The molecule has 0 N–H and O–H groups in total. The minimum Gasteiger partial charge on any atom is -0.267 e. The van der Waals surface area contributed by atoms with Gasteiger partial charge in [0.1, 0.15) is 4.83 Å². The van der Waals surface area contributed by atoms with Crippen molar-refractivity contribution in [1.29, 1.82) is 0 Å². The van der Waals surface area contributed by atoms with Crippen LogP contribution in [0.1, 0.15) is 37.6 Å². The lowest BCUT2D eigenvalue weighted by molar-refractivity contribution is -0.109.